The molecule has 0 unspecified atom stereocenters. The van der Waals surface area contributed by atoms with E-state index in [9.17, 15) is 9.59 Å². The number of carboxylic acids is 2. The standard InChI is InChI=1S/C13H19N2Si.C12H8N2O2S.C11H9N3S.C5H3BrO2S.3C2H6.3CH3.Sn/c1-13(2,3)16(4,5)15-10-8-11-7-6-9-14-12(11)15;15-12(16)10-4-3-9(17-10)8-6-14-11-7(8)2-1-5-13-11;12-10-4-3-9(15-10)8-6-14-11-7(8)2-1-5-13-11;6-4-2-1-3(9-4)5(7)8;3*1-2;;;;/h6-7,9-10H,1-5H3;1-6H,(H,13,14)(H,15,16);1-6H,12H2,(H,13,14);1-2H,(H,7,8);3*1-2H3;3*1H3;. The fraction of sp³-hybridized carbons (Fsp3) is 0.300. The first-order valence-corrected chi connectivity index (χ1v) is 38.4. The maximum Gasteiger partial charge on any atom is 0.345 e. The second-order valence-electron chi connectivity index (χ2n) is 16.6. The maximum absolute atomic E-state index is 10.8. The summed E-state index contributed by atoms with van der Waals surface area (Å²) < 4.78 is 5.02. The second-order valence-corrected chi connectivity index (χ2v) is 40.8. The smallest absolute Gasteiger partial charge is 0.345 e. The van der Waals surface area contributed by atoms with Crippen LogP contribution < -0.4 is 9.31 Å². The number of hydrogen-bond donors (Lipinski definition) is 5. The number of aromatic nitrogens is 6. The fourth-order valence-electron chi connectivity index (χ4n) is 6.29. The predicted octanol–water partition coefficient (Wildman–Crippen LogP) is 15.6. The molecular formula is C50H66BrN7O4S3SiSn. The van der Waals surface area contributed by atoms with Crippen LogP contribution >= 0.6 is 49.9 Å². The van der Waals surface area contributed by atoms with Crippen molar-refractivity contribution in [1.29, 1.82) is 0 Å². The molecular weight excluding hydrogens is 1090 g/mol. The molecule has 0 fully saturated rings. The molecule has 0 spiro atoms. The molecule has 0 aromatic carbocycles. The van der Waals surface area contributed by atoms with Crippen molar-refractivity contribution in [2.24, 2.45) is 0 Å². The van der Waals surface area contributed by atoms with Crippen LogP contribution in [0.25, 0.3) is 54.0 Å². The van der Waals surface area contributed by atoms with Crippen molar-refractivity contribution >= 4 is 130 Å². The molecule has 0 radical (unpaired) electrons. The van der Waals surface area contributed by atoms with Gasteiger partial charge in [-0.15, -0.1) is 34.0 Å². The van der Waals surface area contributed by atoms with Gasteiger partial charge in [-0.05, 0) is 76.6 Å². The number of fused-ring (bicyclic) bond motifs is 3. The molecule has 0 aliphatic heterocycles. The van der Waals surface area contributed by atoms with Gasteiger partial charge in [0, 0.05) is 56.4 Å². The first kappa shape index (κ1) is 56.7. The normalized spacial score (nSPS) is 10.9. The third kappa shape index (κ3) is 14.5. The van der Waals surface area contributed by atoms with Gasteiger partial charge in [0.15, 0.2) is 0 Å². The number of nitrogens with one attached hydrogen (secondary N) is 2. The Kier molecular flexibility index (Phi) is 21.7. The zero-order valence-corrected chi connectivity index (χ0v) is 49.0. The maximum atomic E-state index is 10.8. The third-order valence-corrected chi connectivity index (χ3v) is 25.1. The van der Waals surface area contributed by atoms with E-state index in [1.54, 1.807) is 45.5 Å². The van der Waals surface area contributed by atoms with E-state index < -0.39 is 38.6 Å². The Balaban J connectivity index is 0.000000234. The largest absolute Gasteiger partial charge is 0.477 e. The summed E-state index contributed by atoms with van der Waals surface area (Å²) in [5, 5.41) is 22.0. The molecule has 67 heavy (non-hydrogen) atoms. The summed E-state index contributed by atoms with van der Waals surface area (Å²) in [6.45, 7) is 24.0. The Labute approximate surface area is 421 Å². The Morgan fingerprint density at radius 1 is 0.672 bits per heavy atom. The zero-order valence-electron chi connectivity index (χ0n) is 41.1. The van der Waals surface area contributed by atoms with Gasteiger partial charge in [-0.2, -0.15) is 0 Å². The minimum absolute atomic E-state index is 0.321. The molecule has 0 bridgehead atoms. The summed E-state index contributed by atoms with van der Waals surface area (Å²) in [6, 6.07) is 22.9. The molecule has 9 heterocycles. The molecule has 9 rings (SSSR count). The molecule has 0 aliphatic carbocycles. The average Bonchev–Trinajstić information content (AvgIpc) is 4.17. The number of thiophene rings is 3. The predicted molar refractivity (Wildman–Crippen MR) is 299 cm³/mol. The number of nitrogens with zero attached hydrogens (tertiary/aromatic N) is 4. The van der Waals surface area contributed by atoms with Crippen molar-refractivity contribution in [3.05, 3.63) is 124 Å². The van der Waals surface area contributed by atoms with E-state index in [1.165, 1.54) is 44.1 Å². The molecule has 0 saturated carbocycles. The van der Waals surface area contributed by atoms with E-state index in [1.807, 2.05) is 96.5 Å². The van der Waals surface area contributed by atoms with E-state index in [0.717, 1.165) is 41.3 Å². The molecule has 9 aromatic rings. The molecule has 6 N–H and O–H groups in total. The number of carboxylic acid groups (broad SMARTS) is 2. The second kappa shape index (κ2) is 25.7. The van der Waals surface area contributed by atoms with Crippen LogP contribution in [0.2, 0.25) is 33.0 Å². The first-order chi connectivity index (χ1) is 31.8. The van der Waals surface area contributed by atoms with Crippen LogP contribution in [-0.4, -0.2) is 77.9 Å². The van der Waals surface area contributed by atoms with Gasteiger partial charge in [0.25, 0.3) is 0 Å². The molecule has 0 atom stereocenters. The summed E-state index contributed by atoms with van der Waals surface area (Å²) in [5.41, 5.74) is 10.8. The van der Waals surface area contributed by atoms with E-state index in [4.69, 9.17) is 20.9 Å². The molecule has 17 heteroatoms. The van der Waals surface area contributed by atoms with Crippen LogP contribution in [0.1, 0.15) is 81.7 Å². The number of nitrogens with two attached hydrogens (primary N) is 1. The van der Waals surface area contributed by atoms with E-state index in [-0.39, 0.29) is 0 Å². The Hall–Kier alpha value is -4.59. The Bertz CT molecular complexity index is 2950. The molecule has 0 saturated heterocycles. The van der Waals surface area contributed by atoms with Gasteiger partial charge in [0.05, 0.1) is 8.79 Å². The van der Waals surface area contributed by atoms with Gasteiger partial charge < -0.3 is 25.9 Å². The van der Waals surface area contributed by atoms with Crippen LogP contribution in [0.4, 0.5) is 5.00 Å². The number of aromatic amines is 2. The SMILES string of the molecule is CC.CC.CC.CC(C)(C)[Si](C)(C)n1c[c]([Sn]([CH3])([CH3])[CH3])c2cccnc21.Nc1ccc(-c2c[nH]c3ncccc23)s1.O=C(O)c1ccc(-c2c[nH]c3ncccc23)s1.O=C(O)c1ccc(Br)s1. The summed E-state index contributed by atoms with van der Waals surface area (Å²) >= 11 is 5.10. The van der Waals surface area contributed by atoms with Crippen LogP contribution in [0.15, 0.2) is 114 Å². The quantitative estimate of drug-likeness (QED) is 0.102. The third-order valence-electron chi connectivity index (χ3n) is 10.5. The number of halogens is 1. The van der Waals surface area contributed by atoms with Crippen LogP contribution in [-0.2, 0) is 0 Å². The van der Waals surface area contributed by atoms with Crippen molar-refractivity contribution in [3.8, 4) is 20.9 Å². The van der Waals surface area contributed by atoms with Gasteiger partial charge in [0.1, 0.15) is 21.0 Å². The molecule has 0 amide bonds. The Morgan fingerprint density at radius 2 is 1.12 bits per heavy atom. The van der Waals surface area contributed by atoms with Crippen LogP contribution in [0.5, 0.6) is 0 Å². The average molecular weight is 1150 g/mol. The molecule has 0 aliphatic rings. The monoisotopic (exact) mass is 1150 g/mol. The zero-order chi connectivity index (χ0) is 50.3. The summed E-state index contributed by atoms with van der Waals surface area (Å²) in [4.78, 5) is 50.7. The molecule has 9 aromatic heterocycles. The number of nitrogen functional groups attached to an aromatic ring is 1. The summed E-state index contributed by atoms with van der Waals surface area (Å²) in [5.74, 6) is -1.76. The number of H-pyrrole nitrogens is 2. The minimum atomic E-state index is -2.12. The fourth-order valence-corrected chi connectivity index (χ4v) is 15.8. The van der Waals surface area contributed by atoms with Gasteiger partial charge >= 0.3 is 141 Å². The molecule has 11 nitrogen and oxygen atoms in total. The summed E-state index contributed by atoms with van der Waals surface area (Å²) in [6.07, 6.45) is 11.7. The van der Waals surface area contributed by atoms with Crippen LogP contribution in [0, 0.1) is 0 Å². The van der Waals surface area contributed by atoms with E-state index in [0.29, 0.717) is 14.8 Å². The van der Waals surface area contributed by atoms with Gasteiger partial charge in [-0.25, -0.2) is 19.6 Å². The number of aromatic carboxylic acids is 2. The van der Waals surface area contributed by atoms with E-state index >= 15 is 0 Å². The molecule has 358 valence electrons. The van der Waals surface area contributed by atoms with Crippen molar-refractivity contribution < 1.29 is 19.8 Å². The summed E-state index contributed by atoms with van der Waals surface area (Å²) in [7, 11) is -1.62. The van der Waals surface area contributed by atoms with Crippen molar-refractivity contribution in [2.75, 3.05) is 5.73 Å². The number of anilines is 1. The number of hydrogen-bond acceptors (Lipinski definition) is 9. The van der Waals surface area contributed by atoms with Crippen molar-refractivity contribution in [1.82, 2.24) is 29.2 Å². The topological polar surface area (TPSA) is 176 Å². The number of rotatable bonds is 6. The first-order valence-electron chi connectivity index (χ1n) is 22.3. The number of carbonyl (C=O) groups is 2. The Morgan fingerprint density at radius 3 is 1.52 bits per heavy atom. The van der Waals surface area contributed by atoms with Crippen LogP contribution in [0.3, 0.4) is 0 Å². The van der Waals surface area contributed by atoms with E-state index in [2.05, 4.69) is 113 Å². The minimum Gasteiger partial charge on any atom is -0.477 e. The number of pyridine rings is 3. The van der Waals surface area contributed by atoms with Gasteiger partial charge in [-0.1, -0.05) is 41.5 Å². The van der Waals surface area contributed by atoms with Gasteiger partial charge in [-0.3, -0.25) is 0 Å². The van der Waals surface area contributed by atoms with Gasteiger partial charge in [0.2, 0.25) is 0 Å². The van der Waals surface area contributed by atoms with Crippen molar-refractivity contribution in [3.63, 3.8) is 0 Å². The van der Waals surface area contributed by atoms with Crippen molar-refractivity contribution in [2.45, 2.75) is 95.3 Å².